The second-order valence-corrected chi connectivity index (χ2v) is 3.13. The molecule has 72 valence electrons. The topological polar surface area (TPSA) is 92.8 Å². The molecule has 0 amide bonds. The number of carbonyl (C=O) groups excluding carboxylic acids is 1. The molecule has 0 aromatic heterocycles. The molecule has 0 radical (unpaired) electrons. The number of aliphatic carboxylic acids is 1. The summed E-state index contributed by atoms with van der Waals surface area (Å²) in [5, 5.41) is 8.59. The lowest BCUT2D eigenvalue weighted by molar-refractivity contribution is -0.143. The molecule has 0 saturated heterocycles. The van der Waals surface area contributed by atoms with Gasteiger partial charge in [-0.1, -0.05) is 0 Å². The Balaban J connectivity index is 2.48. The largest absolute Gasteiger partial charge is 0.481 e. The minimum atomic E-state index is -1.09. The molecule has 0 bridgehead atoms. The van der Waals surface area contributed by atoms with E-state index in [9.17, 15) is 9.59 Å². The summed E-state index contributed by atoms with van der Waals surface area (Å²) in [4.78, 5) is 24.9. The van der Waals surface area contributed by atoms with Crippen LogP contribution in [-0.4, -0.2) is 29.2 Å². The Bertz CT molecular complexity index is 250. The molecule has 0 aromatic carbocycles. The molecule has 5 heteroatoms. The lowest BCUT2D eigenvalue weighted by atomic mass is 10.0. The second kappa shape index (κ2) is 4.02. The van der Waals surface area contributed by atoms with E-state index in [1.54, 1.807) is 0 Å². The van der Waals surface area contributed by atoms with Crippen molar-refractivity contribution in [2.24, 2.45) is 16.6 Å². The summed E-state index contributed by atoms with van der Waals surface area (Å²) in [6.45, 7) is 0. The van der Waals surface area contributed by atoms with Gasteiger partial charge >= 0.3 is 5.97 Å². The van der Waals surface area contributed by atoms with Crippen LogP contribution in [0.3, 0.4) is 0 Å². The van der Waals surface area contributed by atoms with Gasteiger partial charge in [-0.2, -0.15) is 0 Å². The zero-order valence-electron chi connectivity index (χ0n) is 7.14. The van der Waals surface area contributed by atoms with Gasteiger partial charge in [-0.3, -0.25) is 9.79 Å². The third kappa shape index (κ3) is 2.54. The number of aldehydes is 1. The summed E-state index contributed by atoms with van der Waals surface area (Å²) in [5.74, 6) is -1.48. The summed E-state index contributed by atoms with van der Waals surface area (Å²) in [7, 11) is 0. The molecule has 13 heavy (non-hydrogen) atoms. The molecule has 1 unspecified atom stereocenters. The van der Waals surface area contributed by atoms with Crippen molar-refractivity contribution in [1.82, 2.24) is 0 Å². The molecule has 0 fully saturated rings. The van der Waals surface area contributed by atoms with Gasteiger partial charge in [0.2, 0.25) is 0 Å². The fourth-order valence-electron chi connectivity index (χ4n) is 1.36. The lowest BCUT2D eigenvalue weighted by Gasteiger charge is -2.08. The van der Waals surface area contributed by atoms with Gasteiger partial charge < -0.3 is 15.6 Å². The maximum absolute atomic E-state index is 10.5. The van der Waals surface area contributed by atoms with Crippen LogP contribution in [-0.2, 0) is 9.59 Å². The van der Waals surface area contributed by atoms with E-state index in [2.05, 4.69) is 4.99 Å². The smallest absolute Gasteiger partial charge is 0.313 e. The molecular formula is C8H12N2O3. The summed E-state index contributed by atoms with van der Waals surface area (Å²) in [6, 6.07) is -0.0914. The molecule has 1 rings (SSSR count). The zero-order valence-corrected chi connectivity index (χ0v) is 7.14. The second-order valence-electron chi connectivity index (χ2n) is 3.13. The maximum atomic E-state index is 10.5. The van der Waals surface area contributed by atoms with E-state index in [-0.39, 0.29) is 12.5 Å². The Kier molecular flexibility index (Phi) is 3.00. The van der Waals surface area contributed by atoms with Gasteiger partial charge in [-0.25, -0.2) is 0 Å². The summed E-state index contributed by atoms with van der Waals surface area (Å²) < 4.78 is 0. The Morgan fingerprint density at radius 3 is 2.92 bits per heavy atom. The first kappa shape index (κ1) is 9.70. The number of carboxylic acids is 1. The average molecular weight is 184 g/mol. The van der Waals surface area contributed by atoms with E-state index in [1.165, 1.54) is 0 Å². The molecule has 2 atom stereocenters. The number of nitrogens with zero attached hydrogens (tertiary/aromatic N) is 1. The van der Waals surface area contributed by atoms with Crippen molar-refractivity contribution < 1.29 is 14.7 Å². The number of carbonyl (C=O) groups is 2. The molecule has 3 N–H and O–H groups in total. The van der Waals surface area contributed by atoms with Gasteiger partial charge in [0.15, 0.2) is 0 Å². The first-order chi connectivity index (χ1) is 6.13. The van der Waals surface area contributed by atoms with Crippen LogP contribution in [0.1, 0.15) is 19.3 Å². The predicted molar refractivity (Wildman–Crippen MR) is 46.5 cm³/mol. The Labute approximate surface area is 75.6 Å². The fraction of sp³-hybridized carbons (Fsp3) is 0.625. The molecule has 0 aliphatic carbocycles. The van der Waals surface area contributed by atoms with Crippen molar-refractivity contribution in [1.29, 1.82) is 0 Å². The maximum Gasteiger partial charge on any atom is 0.313 e. The third-order valence-corrected chi connectivity index (χ3v) is 2.09. The highest BCUT2D eigenvalue weighted by Crippen LogP contribution is 2.18. The predicted octanol–water partition coefficient (Wildman–Crippen LogP) is -0.204. The van der Waals surface area contributed by atoms with Gasteiger partial charge in [0.25, 0.3) is 0 Å². The third-order valence-electron chi connectivity index (χ3n) is 2.09. The first-order valence-corrected chi connectivity index (χ1v) is 4.13. The number of nitrogens with two attached hydrogens (primary N) is 1. The van der Waals surface area contributed by atoms with Crippen molar-refractivity contribution in [3.8, 4) is 0 Å². The molecule has 1 heterocycles. The molecule has 0 spiro atoms. The standard InChI is InChI=1S/C8H12N2O3/c9-7-2-1-6(10-7)3-5(4-11)8(12)13/h4-6H,1-3H2,(H2,9,10)(H,12,13)/t5?,6-/m0/s1. The highest BCUT2D eigenvalue weighted by molar-refractivity contribution is 5.86. The van der Waals surface area contributed by atoms with Crippen LogP contribution in [0.25, 0.3) is 0 Å². The van der Waals surface area contributed by atoms with Gasteiger partial charge in [0.05, 0.1) is 11.9 Å². The van der Waals surface area contributed by atoms with E-state index in [0.29, 0.717) is 18.5 Å². The summed E-state index contributed by atoms with van der Waals surface area (Å²) in [5.41, 5.74) is 5.43. The monoisotopic (exact) mass is 184 g/mol. The number of hydrogen-bond acceptors (Lipinski definition) is 4. The molecule has 1 aliphatic rings. The van der Waals surface area contributed by atoms with Gasteiger partial charge in [-0.05, 0) is 12.8 Å². The number of aliphatic imine (C=N–C) groups is 1. The molecule has 5 nitrogen and oxygen atoms in total. The van der Waals surface area contributed by atoms with E-state index in [0.717, 1.165) is 6.42 Å². The Morgan fingerprint density at radius 2 is 2.54 bits per heavy atom. The van der Waals surface area contributed by atoms with Gasteiger partial charge in [0, 0.05) is 6.42 Å². The van der Waals surface area contributed by atoms with Crippen molar-refractivity contribution in [3.05, 3.63) is 0 Å². The quantitative estimate of drug-likeness (QED) is 0.467. The van der Waals surface area contributed by atoms with E-state index in [4.69, 9.17) is 10.8 Å². The van der Waals surface area contributed by atoms with E-state index < -0.39 is 11.9 Å². The SMILES string of the molecule is NC1=N[C@H](CC(C=O)C(=O)O)CC1. The zero-order chi connectivity index (χ0) is 9.84. The fourth-order valence-corrected chi connectivity index (χ4v) is 1.36. The number of amidine groups is 1. The van der Waals surface area contributed by atoms with Crippen LogP contribution in [0.2, 0.25) is 0 Å². The van der Waals surface area contributed by atoms with Crippen LogP contribution >= 0.6 is 0 Å². The summed E-state index contributed by atoms with van der Waals surface area (Å²) in [6.07, 6.45) is 2.17. The van der Waals surface area contributed by atoms with E-state index >= 15 is 0 Å². The highest BCUT2D eigenvalue weighted by Gasteiger charge is 2.24. The molecule has 0 aromatic rings. The summed E-state index contributed by atoms with van der Waals surface area (Å²) >= 11 is 0. The lowest BCUT2D eigenvalue weighted by Crippen LogP contribution is -2.20. The van der Waals surface area contributed by atoms with Crippen LogP contribution in [0.5, 0.6) is 0 Å². The Hall–Kier alpha value is -1.39. The molecule has 0 saturated carbocycles. The van der Waals surface area contributed by atoms with Crippen LogP contribution in [0.15, 0.2) is 4.99 Å². The highest BCUT2D eigenvalue weighted by atomic mass is 16.4. The van der Waals surface area contributed by atoms with Crippen molar-refractivity contribution >= 4 is 18.1 Å². The van der Waals surface area contributed by atoms with Crippen LogP contribution < -0.4 is 5.73 Å². The van der Waals surface area contributed by atoms with Crippen LogP contribution in [0, 0.1) is 5.92 Å². The number of hydrogen-bond donors (Lipinski definition) is 2. The van der Waals surface area contributed by atoms with Gasteiger partial charge in [-0.15, -0.1) is 0 Å². The average Bonchev–Trinajstić information content (AvgIpc) is 2.46. The van der Waals surface area contributed by atoms with Crippen LogP contribution in [0.4, 0.5) is 0 Å². The minimum absolute atomic E-state index is 0.0914. The van der Waals surface area contributed by atoms with Crippen molar-refractivity contribution in [2.45, 2.75) is 25.3 Å². The minimum Gasteiger partial charge on any atom is -0.481 e. The normalized spacial score (nSPS) is 23.7. The molecule has 1 aliphatic heterocycles. The van der Waals surface area contributed by atoms with E-state index in [1.807, 2.05) is 0 Å². The van der Waals surface area contributed by atoms with Crippen molar-refractivity contribution in [3.63, 3.8) is 0 Å². The Morgan fingerprint density at radius 1 is 1.85 bits per heavy atom. The molecular weight excluding hydrogens is 172 g/mol. The van der Waals surface area contributed by atoms with Gasteiger partial charge in [0.1, 0.15) is 12.2 Å². The van der Waals surface area contributed by atoms with Crippen molar-refractivity contribution in [2.75, 3.05) is 0 Å². The first-order valence-electron chi connectivity index (χ1n) is 4.13. The number of rotatable bonds is 4. The number of carboxylic acid groups (broad SMARTS) is 1.